The second-order valence-corrected chi connectivity index (χ2v) is 9.66. The van der Waals surface area contributed by atoms with Gasteiger partial charge in [0.1, 0.15) is 24.6 Å². The Kier molecular flexibility index (Phi) is 18.2. The zero-order valence-electron chi connectivity index (χ0n) is 22.6. The number of phenolic OH excluding ortho intramolecular Hbond substituents is 1. The molecule has 7 nitrogen and oxygen atoms in total. The SMILES string of the molecule is CCCCCCCCCCCCCCCCCCOc1cc(O)cc(N(CC(=O)O)CC(=O)OC)c1. The quantitative estimate of drug-likeness (QED) is 0.120. The van der Waals surface area contributed by atoms with E-state index in [1.54, 1.807) is 6.07 Å². The molecule has 0 fully saturated rings. The monoisotopic (exact) mass is 507 g/mol. The second-order valence-electron chi connectivity index (χ2n) is 9.66. The van der Waals surface area contributed by atoms with Gasteiger partial charge >= 0.3 is 11.9 Å². The average molecular weight is 508 g/mol. The molecule has 0 atom stereocenters. The number of esters is 1. The fourth-order valence-electron chi connectivity index (χ4n) is 4.30. The van der Waals surface area contributed by atoms with Gasteiger partial charge in [0, 0.05) is 23.9 Å². The number of methoxy groups -OCH3 is 1. The molecular formula is C29H49NO6. The number of rotatable bonds is 23. The van der Waals surface area contributed by atoms with E-state index in [0.29, 0.717) is 18.0 Å². The van der Waals surface area contributed by atoms with E-state index in [1.807, 2.05) is 0 Å². The van der Waals surface area contributed by atoms with Gasteiger partial charge in [-0.1, -0.05) is 103 Å². The summed E-state index contributed by atoms with van der Waals surface area (Å²) in [5, 5.41) is 19.2. The molecule has 0 aliphatic carbocycles. The number of hydrogen-bond donors (Lipinski definition) is 2. The number of benzene rings is 1. The number of aliphatic carboxylic acids is 1. The van der Waals surface area contributed by atoms with Crippen LogP contribution in [-0.2, 0) is 14.3 Å². The van der Waals surface area contributed by atoms with Gasteiger partial charge in [0.05, 0.1) is 13.7 Å². The highest BCUT2D eigenvalue weighted by Gasteiger charge is 2.17. The number of carbonyl (C=O) groups excluding carboxylic acids is 1. The number of anilines is 1. The lowest BCUT2D eigenvalue weighted by atomic mass is 10.0. The third kappa shape index (κ3) is 16.3. The van der Waals surface area contributed by atoms with Crippen molar-refractivity contribution in [3.8, 4) is 11.5 Å². The minimum Gasteiger partial charge on any atom is -0.508 e. The molecule has 2 N–H and O–H groups in total. The van der Waals surface area contributed by atoms with E-state index in [-0.39, 0.29) is 12.3 Å². The average Bonchev–Trinajstić information content (AvgIpc) is 2.84. The summed E-state index contributed by atoms with van der Waals surface area (Å²) in [6.45, 7) is 2.17. The molecule has 1 aromatic rings. The van der Waals surface area contributed by atoms with Crippen LogP contribution in [0.5, 0.6) is 11.5 Å². The topological polar surface area (TPSA) is 96.3 Å². The van der Waals surface area contributed by atoms with Crippen molar-refractivity contribution in [2.45, 2.75) is 110 Å². The van der Waals surface area contributed by atoms with Gasteiger partial charge in [-0.2, -0.15) is 0 Å². The normalized spacial score (nSPS) is 10.8. The van der Waals surface area contributed by atoms with Crippen molar-refractivity contribution < 1.29 is 29.3 Å². The van der Waals surface area contributed by atoms with E-state index < -0.39 is 18.5 Å². The minimum absolute atomic E-state index is 0.0465. The summed E-state index contributed by atoms with van der Waals surface area (Å²) in [5.41, 5.74) is 0.393. The molecule has 1 rings (SSSR count). The third-order valence-electron chi connectivity index (χ3n) is 6.38. The number of carbonyl (C=O) groups is 2. The Morgan fingerprint density at radius 1 is 0.750 bits per heavy atom. The van der Waals surface area contributed by atoms with Crippen molar-refractivity contribution in [1.82, 2.24) is 0 Å². The lowest BCUT2D eigenvalue weighted by Crippen LogP contribution is -2.35. The van der Waals surface area contributed by atoms with Crippen LogP contribution in [0.3, 0.4) is 0 Å². The molecule has 0 spiro atoms. The summed E-state index contributed by atoms with van der Waals surface area (Å²) in [4.78, 5) is 24.2. The molecule has 1 aromatic carbocycles. The Bertz CT molecular complexity index is 724. The number of unbranched alkanes of at least 4 members (excludes halogenated alkanes) is 15. The summed E-state index contributed by atoms with van der Waals surface area (Å²) >= 11 is 0. The zero-order chi connectivity index (χ0) is 26.4. The van der Waals surface area contributed by atoms with E-state index in [2.05, 4.69) is 11.7 Å². The van der Waals surface area contributed by atoms with Crippen molar-refractivity contribution in [1.29, 1.82) is 0 Å². The zero-order valence-corrected chi connectivity index (χ0v) is 22.6. The Morgan fingerprint density at radius 3 is 1.72 bits per heavy atom. The van der Waals surface area contributed by atoms with Gasteiger partial charge in [0.25, 0.3) is 0 Å². The Labute approximate surface area is 218 Å². The molecule has 0 amide bonds. The Hall–Kier alpha value is -2.44. The molecule has 0 heterocycles. The van der Waals surface area contributed by atoms with Gasteiger partial charge in [-0.25, -0.2) is 0 Å². The number of carboxylic acid groups (broad SMARTS) is 1. The fraction of sp³-hybridized carbons (Fsp3) is 0.724. The number of phenols is 1. The van der Waals surface area contributed by atoms with Gasteiger partial charge < -0.3 is 24.6 Å². The van der Waals surface area contributed by atoms with E-state index in [1.165, 1.54) is 114 Å². The first-order chi connectivity index (χ1) is 17.5. The molecule has 0 aliphatic rings. The molecule has 0 bridgehead atoms. The predicted octanol–water partition coefficient (Wildman–Crippen LogP) is 7.10. The van der Waals surface area contributed by atoms with E-state index >= 15 is 0 Å². The second kappa shape index (κ2) is 20.7. The predicted molar refractivity (Wildman–Crippen MR) is 145 cm³/mol. The molecular weight excluding hydrogens is 458 g/mol. The van der Waals surface area contributed by atoms with Crippen LogP contribution < -0.4 is 9.64 Å². The van der Waals surface area contributed by atoms with Gasteiger partial charge in [-0.15, -0.1) is 0 Å². The first-order valence-corrected chi connectivity index (χ1v) is 14.0. The van der Waals surface area contributed by atoms with Crippen LogP contribution in [0.15, 0.2) is 18.2 Å². The molecule has 0 saturated carbocycles. The van der Waals surface area contributed by atoms with Gasteiger partial charge in [0.15, 0.2) is 0 Å². The Balaban J connectivity index is 2.15. The maximum atomic E-state index is 11.6. The van der Waals surface area contributed by atoms with Crippen LogP contribution in [0, 0.1) is 0 Å². The lowest BCUT2D eigenvalue weighted by Gasteiger charge is -2.22. The van der Waals surface area contributed by atoms with Crippen LogP contribution in [0.2, 0.25) is 0 Å². The molecule has 7 heteroatoms. The smallest absolute Gasteiger partial charge is 0.325 e. The maximum absolute atomic E-state index is 11.6. The first-order valence-electron chi connectivity index (χ1n) is 14.0. The molecule has 36 heavy (non-hydrogen) atoms. The van der Waals surface area contributed by atoms with Crippen molar-refractivity contribution in [3.05, 3.63) is 18.2 Å². The van der Waals surface area contributed by atoms with E-state index in [4.69, 9.17) is 9.84 Å². The highest BCUT2D eigenvalue weighted by molar-refractivity contribution is 5.81. The molecule has 0 unspecified atom stereocenters. The molecule has 0 saturated heterocycles. The van der Waals surface area contributed by atoms with E-state index in [9.17, 15) is 14.7 Å². The van der Waals surface area contributed by atoms with Crippen LogP contribution in [0.1, 0.15) is 110 Å². The molecule has 0 aliphatic heterocycles. The van der Waals surface area contributed by atoms with Crippen molar-refractivity contribution in [2.75, 3.05) is 31.7 Å². The van der Waals surface area contributed by atoms with Crippen LogP contribution in [0.25, 0.3) is 0 Å². The molecule has 206 valence electrons. The largest absolute Gasteiger partial charge is 0.508 e. The van der Waals surface area contributed by atoms with Gasteiger partial charge in [-0.3, -0.25) is 9.59 Å². The third-order valence-corrected chi connectivity index (χ3v) is 6.38. The summed E-state index contributed by atoms with van der Waals surface area (Å²) in [6, 6.07) is 4.54. The summed E-state index contributed by atoms with van der Waals surface area (Å²) in [7, 11) is 1.25. The number of nitrogens with zero attached hydrogens (tertiary/aromatic N) is 1. The minimum atomic E-state index is -1.09. The van der Waals surface area contributed by atoms with Crippen molar-refractivity contribution in [2.24, 2.45) is 0 Å². The molecule has 0 radical (unpaired) electrons. The summed E-state index contributed by atoms with van der Waals surface area (Å²) < 4.78 is 10.4. The van der Waals surface area contributed by atoms with Gasteiger partial charge in [-0.05, 0) is 6.42 Å². The van der Waals surface area contributed by atoms with Crippen LogP contribution in [0.4, 0.5) is 5.69 Å². The lowest BCUT2D eigenvalue weighted by molar-refractivity contribution is -0.139. The fourth-order valence-corrected chi connectivity index (χ4v) is 4.30. The summed E-state index contributed by atoms with van der Waals surface area (Å²) in [5.74, 6) is -1.24. The van der Waals surface area contributed by atoms with Crippen LogP contribution in [-0.4, -0.2) is 49.0 Å². The maximum Gasteiger partial charge on any atom is 0.325 e. The van der Waals surface area contributed by atoms with Crippen LogP contribution >= 0.6 is 0 Å². The molecule has 0 aromatic heterocycles. The number of carboxylic acids is 1. The number of ether oxygens (including phenoxy) is 2. The number of aromatic hydroxyl groups is 1. The standard InChI is InChI=1S/C29H49NO6/c1-3-4-5-6-7-8-9-10-11-12-13-14-15-16-17-18-19-36-27-21-25(20-26(31)22-27)30(23-28(32)33)24-29(34)35-2/h20-22,31H,3-19,23-24H2,1-2H3,(H,32,33). The number of hydrogen-bond acceptors (Lipinski definition) is 6. The van der Waals surface area contributed by atoms with Gasteiger partial charge in [0.2, 0.25) is 0 Å². The van der Waals surface area contributed by atoms with E-state index in [0.717, 1.165) is 12.8 Å². The highest BCUT2D eigenvalue weighted by atomic mass is 16.5. The van der Waals surface area contributed by atoms with Crippen molar-refractivity contribution >= 4 is 17.6 Å². The first kappa shape index (κ1) is 31.6. The highest BCUT2D eigenvalue weighted by Crippen LogP contribution is 2.28. The summed E-state index contributed by atoms with van der Waals surface area (Å²) in [6.07, 6.45) is 21.0. The van der Waals surface area contributed by atoms with Crippen molar-refractivity contribution in [3.63, 3.8) is 0 Å². The Morgan fingerprint density at radius 2 is 1.25 bits per heavy atom.